The topological polar surface area (TPSA) is 88.2 Å². The molecule has 6 nitrogen and oxygen atoms in total. The lowest BCUT2D eigenvalue weighted by Crippen LogP contribution is -2.37. The number of hydrogen-bond donors (Lipinski definition) is 2. The maximum atomic E-state index is 13.2. The number of carbonyl (C=O) groups excluding carboxylic acids is 1. The van der Waals surface area contributed by atoms with Crippen molar-refractivity contribution in [2.75, 3.05) is 10.0 Å². The molecule has 1 amide bonds. The highest BCUT2D eigenvalue weighted by atomic mass is 32.2. The van der Waals surface area contributed by atoms with E-state index in [1.54, 1.807) is 17.5 Å². The van der Waals surface area contributed by atoms with Crippen molar-refractivity contribution in [3.8, 4) is 0 Å². The van der Waals surface area contributed by atoms with Gasteiger partial charge in [-0.15, -0.1) is 11.3 Å². The molecule has 0 bridgehead atoms. The van der Waals surface area contributed by atoms with Crippen LogP contribution in [0.3, 0.4) is 0 Å². The molecule has 1 aliphatic rings. The van der Waals surface area contributed by atoms with Crippen molar-refractivity contribution in [3.05, 3.63) is 71.7 Å². The molecule has 4 rings (SSSR count). The van der Waals surface area contributed by atoms with Gasteiger partial charge in [-0.05, 0) is 42.7 Å². The van der Waals surface area contributed by atoms with Crippen LogP contribution in [0.15, 0.2) is 71.1 Å². The summed E-state index contributed by atoms with van der Waals surface area (Å²) in [6, 6.07) is 16.1. The third-order valence-corrected chi connectivity index (χ3v) is 7.47. The fourth-order valence-electron chi connectivity index (χ4n) is 3.80. The molecular weight excluding hydrogens is 406 g/mol. The first-order chi connectivity index (χ1) is 14.0. The molecule has 0 aliphatic heterocycles. The number of anilines is 2. The predicted molar refractivity (Wildman–Crippen MR) is 115 cm³/mol. The highest BCUT2D eigenvalue weighted by Crippen LogP contribution is 2.42. The first kappa shape index (κ1) is 19.6. The summed E-state index contributed by atoms with van der Waals surface area (Å²) in [6.45, 7) is 0. The quantitative estimate of drug-likeness (QED) is 0.610. The lowest BCUT2D eigenvalue weighted by molar-refractivity contribution is -0.121. The Labute approximate surface area is 174 Å². The Bertz CT molecular complexity index is 1070. The summed E-state index contributed by atoms with van der Waals surface area (Å²) in [7, 11) is -3.71. The van der Waals surface area contributed by atoms with Gasteiger partial charge in [-0.3, -0.25) is 9.52 Å². The van der Waals surface area contributed by atoms with E-state index in [-0.39, 0.29) is 10.8 Å². The SMILES string of the molecule is O=C(Nc1ccc(S(=O)(=O)Nc2nccs2)cc1)C1(c2ccccc2)CCCC1. The van der Waals surface area contributed by atoms with Crippen molar-refractivity contribution in [2.45, 2.75) is 36.0 Å². The van der Waals surface area contributed by atoms with Crippen LogP contribution in [0.5, 0.6) is 0 Å². The van der Waals surface area contributed by atoms with Crippen LogP contribution in [0.2, 0.25) is 0 Å². The lowest BCUT2D eigenvalue weighted by Gasteiger charge is -2.28. The lowest BCUT2D eigenvalue weighted by atomic mass is 9.78. The van der Waals surface area contributed by atoms with E-state index in [1.165, 1.54) is 29.7 Å². The van der Waals surface area contributed by atoms with Gasteiger partial charge in [0.25, 0.3) is 10.0 Å². The second-order valence-electron chi connectivity index (χ2n) is 7.08. The van der Waals surface area contributed by atoms with E-state index >= 15 is 0 Å². The summed E-state index contributed by atoms with van der Waals surface area (Å²) in [6.07, 6.45) is 5.19. The van der Waals surface area contributed by atoms with E-state index in [9.17, 15) is 13.2 Å². The van der Waals surface area contributed by atoms with Gasteiger partial charge in [-0.2, -0.15) is 0 Å². The zero-order valence-corrected chi connectivity index (χ0v) is 17.3. The molecule has 8 heteroatoms. The zero-order valence-electron chi connectivity index (χ0n) is 15.7. The van der Waals surface area contributed by atoms with E-state index in [4.69, 9.17) is 0 Å². The predicted octanol–water partition coefficient (Wildman–Crippen LogP) is 4.39. The molecule has 1 saturated carbocycles. The minimum absolute atomic E-state index is 0.0438. The highest BCUT2D eigenvalue weighted by molar-refractivity contribution is 7.93. The molecule has 0 unspecified atom stereocenters. The van der Waals surface area contributed by atoms with Crippen LogP contribution in [-0.2, 0) is 20.2 Å². The normalized spacial score (nSPS) is 15.7. The smallest absolute Gasteiger partial charge is 0.263 e. The summed E-state index contributed by atoms with van der Waals surface area (Å²) in [4.78, 5) is 17.2. The fourth-order valence-corrected chi connectivity index (χ4v) is 5.59. The van der Waals surface area contributed by atoms with Gasteiger partial charge in [0.15, 0.2) is 5.13 Å². The number of benzene rings is 2. The molecule has 2 aromatic carbocycles. The summed E-state index contributed by atoms with van der Waals surface area (Å²) >= 11 is 1.21. The highest BCUT2D eigenvalue weighted by Gasteiger charge is 2.42. The van der Waals surface area contributed by atoms with E-state index < -0.39 is 15.4 Å². The van der Waals surface area contributed by atoms with Crippen LogP contribution in [0.4, 0.5) is 10.8 Å². The van der Waals surface area contributed by atoms with Crippen LogP contribution in [-0.4, -0.2) is 19.3 Å². The number of rotatable bonds is 6. The average molecular weight is 428 g/mol. The maximum absolute atomic E-state index is 13.2. The summed E-state index contributed by atoms with van der Waals surface area (Å²) < 4.78 is 27.3. The molecule has 0 atom stereocenters. The number of nitrogens with zero attached hydrogens (tertiary/aromatic N) is 1. The van der Waals surface area contributed by atoms with Crippen molar-refractivity contribution >= 4 is 38.1 Å². The molecule has 1 heterocycles. The number of aromatic nitrogens is 1. The van der Waals surface area contributed by atoms with Gasteiger partial charge in [0, 0.05) is 17.3 Å². The van der Waals surface area contributed by atoms with Crippen LogP contribution < -0.4 is 10.0 Å². The Balaban J connectivity index is 1.52. The van der Waals surface area contributed by atoms with Crippen molar-refractivity contribution in [2.24, 2.45) is 0 Å². The fraction of sp³-hybridized carbons (Fsp3) is 0.238. The van der Waals surface area contributed by atoms with Gasteiger partial charge in [0.1, 0.15) is 0 Å². The Morgan fingerprint density at radius 2 is 1.69 bits per heavy atom. The van der Waals surface area contributed by atoms with E-state index in [2.05, 4.69) is 15.0 Å². The zero-order chi connectivity index (χ0) is 20.3. The number of amides is 1. The number of thiazole rings is 1. The number of hydrogen-bond acceptors (Lipinski definition) is 5. The summed E-state index contributed by atoms with van der Waals surface area (Å²) in [5.41, 5.74) is 1.07. The van der Waals surface area contributed by atoms with Crippen LogP contribution >= 0.6 is 11.3 Å². The molecule has 0 radical (unpaired) electrons. The van der Waals surface area contributed by atoms with Crippen molar-refractivity contribution < 1.29 is 13.2 Å². The Morgan fingerprint density at radius 1 is 1.00 bits per heavy atom. The molecule has 3 aromatic rings. The third-order valence-electron chi connectivity index (χ3n) is 5.29. The monoisotopic (exact) mass is 427 g/mol. The van der Waals surface area contributed by atoms with Gasteiger partial charge in [-0.1, -0.05) is 43.2 Å². The number of carbonyl (C=O) groups is 1. The van der Waals surface area contributed by atoms with Gasteiger partial charge in [0.05, 0.1) is 10.3 Å². The van der Waals surface area contributed by atoms with Crippen molar-refractivity contribution in [1.82, 2.24) is 4.98 Å². The maximum Gasteiger partial charge on any atom is 0.263 e. The molecule has 1 aliphatic carbocycles. The van der Waals surface area contributed by atoms with Gasteiger partial charge in [-0.25, -0.2) is 13.4 Å². The van der Waals surface area contributed by atoms with Gasteiger partial charge < -0.3 is 5.32 Å². The van der Waals surface area contributed by atoms with Crippen molar-refractivity contribution in [1.29, 1.82) is 0 Å². The van der Waals surface area contributed by atoms with Gasteiger partial charge in [0.2, 0.25) is 5.91 Å². The Morgan fingerprint density at radius 3 is 2.31 bits per heavy atom. The molecule has 150 valence electrons. The molecule has 2 N–H and O–H groups in total. The van der Waals surface area contributed by atoms with Crippen molar-refractivity contribution in [3.63, 3.8) is 0 Å². The molecule has 1 aromatic heterocycles. The molecule has 0 spiro atoms. The van der Waals surface area contributed by atoms with E-state index in [0.29, 0.717) is 10.8 Å². The number of sulfonamides is 1. The molecule has 29 heavy (non-hydrogen) atoms. The Hall–Kier alpha value is -2.71. The van der Waals surface area contributed by atoms with Crippen LogP contribution in [0.1, 0.15) is 31.2 Å². The Kier molecular flexibility index (Phi) is 5.38. The minimum Gasteiger partial charge on any atom is -0.325 e. The van der Waals surface area contributed by atoms with Crippen LogP contribution in [0, 0.1) is 0 Å². The first-order valence-corrected chi connectivity index (χ1v) is 11.8. The third kappa shape index (κ3) is 4.04. The molecular formula is C21H21N3O3S2. The number of nitrogens with one attached hydrogen (secondary N) is 2. The molecule has 0 saturated heterocycles. The van der Waals surface area contributed by atoms with Gasteiger partial charge >= 0.3 is 0 Å². The summed E-state index contributed by atoms with van der Waals surface area (Å²) in [5.74, 6) is -0.0438. The van der Waals surface area contributed by atoms with E-state index in [0.717, 1.165) is 31.2 Å². The second-order valence-corrected chi connectivity index (χ2v) is 9.65. The second kappa shape index (κ2) is 7.96. The summed E-state index contributed by atoms with van der Waals surface area (Å²) in [5, 5.41) is 4.99. The minimum atomic E-state index is -3.71. The van der Waals surface area contributed by atoms with Crippen LogP contribution in [0.25, 0.3) is 0 Å². The first-order valence-electron chi connectivity index (χ1n) is 9.39. The largest absolute Gasteiger partial charge is 0.325 e. The standard InChI is InChI=1S/C21H21N3O3S2/c25-19(21(12-4-5-13-21)16-6-2-1-3-7-16)23-17-8-10-18(11-9-17)29(26,27)24-20-22-14-15-28-20/h1-3,6-11,14-15H,4-5,12-13H2,(H,22,24)(H,23,25). The van der Waals surface area contributed by atoms with E-state index in [1.807, 2.05) is 30.3 Å². The molecule has 1 fully saturated rings. The average Bonchev–Trinajstić information content (AvgIpc) is 3.41.